The van der Waals surface area contributed by atoms with Crippen LogP contribution in [0, 0.1) is 0 Å². The van der Waals surface area contributed by atoms with Crippen LogP contribution in [0.25, 0.3) is 0 Å². The molecule has 1 N–H and O–H groups in total. The Hall–Kier alpha value is -0.0900. The van der Waals surface area contributed by atoms with Gasteiger partial charge in [-0.3, -0.25) is 4.79 Å². The first kappa shape index (κ1) is 11.0. The molecule has 2 atom stereocenters. The first-order valence-corrected chi connectivity index (χ1v) is 5.81. The van der Waals surface area contributed by atoms with E-state index in [1.165, 1.54) is 0 Å². The van der Waals surface area contributed by atoms with Gasteiger partial charge in [-0.2, -0.15) is 0 Å². The minimum Gasteiger partial charge on any atom is -0.353 e. The van der Waals surface area contributed by atoms with Gasteiger partial charge in [0.2, 0.25) is 5.91 Å². The van der Waals surface area contributed by atoms with E-state index in [4.69, 9.17) is 0 Å². The van der Waals surface area contributed by atoms with Crippen LogP contribution in [0.2, 0.25) is 0 Å². The number of nitrogens with one attached hydrogen (secondary N) is 1. The fraction of sp³-hybridized carbons (Fsp3) is 0.889. The van der Waals surface area contributed by atoms with Crippen LogP contribution in [0.4, 0.5) is 0 Å². The number of likely N-dealkylation sites (tertiary alicyclic amines) is 1. The van der Waals surface area contributed by atoms with Crippen molar-refractivity contribution in [1.29, 1.82) is 0 Å². The van der Waals surface area contributed by atoms with Crippen molar-refractivity contribution in [2.45, 2.75) is 31.8 Å². The van der Waals surface area contributed by atoms with Crippen LogP contribution in [-0.4, -0.2) is 41.8 Å². The number of alkyl halides is 1. The lowest BCUT2D eigenvalue weighted by molar-refractivity contribution is -0.119. The van der Waals surface area contributed by atoms with Gasteiger partial charge in [-0.25, -0.2) is 0 Å². The number of rotatable bonds is 2. The molecule has 0 bridgehead atoms. The van der Waals surface area contributed by atoms with Crippen LogP contribution < -0.4 is 5.32 Å². The molecular formula is C9H17BrN2O. The summed E-state index contributed by atoms with van der Waals surface area (Å²) in [6.45, 7) is 3.28. The van der Waals surface area contributed by atoms with E-state index >= 15 is 0 Å². The number of halogens is 1. The fourth-order valence-corrected chi connectivity index (χ4v) is 1.85. The van der Waals surface area contributed by atoms with Crippen molar-refractivity contribution in [2.75, 3.05) is 18.9 Å². The van der Waals surface area contributed by atoms with Crippen molar-refractivity contribution in [3.05, 3.63) is 0 Å². The van der Waals surface area contributed by atoms with Crippen molar-refractivity contribution < 1.29 is 4.79 Å². The third-order valence-electron chi connectivity index (χ3n) is 2.69. The summed E-state index contributed by atoms with van der Waals surface area (Å²) in [5.41, 5.74) is 0. The Morgan fingerprint density at radius 3 is 2.92 bits per heavy atom. The molecule has 76 valence electrons. The third kappa shape index (κ3) is 3.27. The maximum absolute atomic E-state index is 11.1. The zero-order chi connectivity index (χ0) is 9.84. The molecular weight excluding hydrogens is 232 g/mol. The minimum absolute atomic E-state index is 0.0988. The van der Waals surface area contributed by atoms with Crippen molar-refractivity contribution in [2.24, 2.45) is 0 Å². The van der Waals surface area contributed by atoms with Gasteiger partial charge < -0.3 is 10.2 Å². The lowest BCUT2D eigenvalue weighted by Gasteiger charge is -2.35. The Balaban J connectivity index is 2.33. The summed E-state index contributed by atoms with van der Waals surface area (Å²) in [5.74, 6) is 0.0988. The number of amides is 1. The average Bonchev–Trinajstić information content (AvgIpc) is 2.11. The Kier molecular flexibility index (Phi) is 4.19. The summed E-state index contributed by atoms with van der Waals surface area (Å²) >= 11 is 3.15. The van der Waals surface area contributed by atoms with Crippen LogP contribution in [-0.2, 0) is 4.79 Å². The van der Waals surface area contributed by atoms with E-state index in [0.717, 1.165) is 19.4 Å². The van der Waals surface area contributed by atoms with Gasteiger partial charge in [0.05, 0.1) is 5.33 Å². The molecule has 0 radical (unpaired) electrons. The zero-order valence-corrected chi connectivity index (χ0v) is 9.80. The number of hydrogen-bond donors (Lipinski definition) is 1. The molecule has 1 fully saturated rings. The summed E-state index contributed by atoms with van der Waals surface area (Å²) in [6, 6.07) is 0.950. The summed E-state index contributed by atoms with van der Waals surface area (Å²) in [7, 11) is 2.13. The molecule has 1 saturated heterocycles. The van der Waals surface area contributed by atoms with E-state index in [-0.39, 0.29) is 5.91 Å². The molecule has 0 spiro atoms. The quantitative estimate of drug-likeness (QED) is 0.740. The monoisotopic (exact) mass is 248 g/mol. The van der Waals surface area contributed by atoms with Gasteiger partial charge in [0, 0.05) is 18.6 Å². The molecule has 0 saturated carbocycles. The van der Waals surface area contributed by atoms with Gasteiger partial charge in [0.25, 0.3) is 0 Å². The van der Waals surface area contributed by atoms with Gasteiger partial charge in [-0.15, -0.1) is 0 Å². The zero-order valence-electron chi connectivity index (χ0n) is 8.22. The Labute approximate surface area is 88.0 Å². The molecule has 13 heavy (non-hydrogen) atoms. The summed E-state index contributed by atoms with van der Waals surface area (Å²) in [4.78, 5) is 13.4. The van der Waals surface area contributed by atoms with E-state index in [0.29, 0.717) is 17.4 Å². The summed E-state index contributed by atoms with van der Waals surface area (Å²) in [5, 5.41) is 3.42. The Bertz CT molecular complexity index is 186. The van der Waals surface area contributed by atoms with Crippen LogP contribution in [0.15, 0.2) is 0 Å². The molecule has 0 aromatic heterocycles. The second-order valence-corrected chi connectivity index (χ2v) is 4.31. The summed E-state index contributed by atoms with van der Waals surface area (Å²) in [6.07, 6.45) is 2.13. The molecule has 3 nitrogen and oxygen atoms in total. The molecule has 1 amide bonds. The molecule has 2 unspecified atom stereocenters. The maximum Gasteiger partial charge on any atom is 0.230 e. The topological polar surface area (TPSA) is 32.3 Å². The first-order valence-electron chi connectivity index (χ1n) is 4.69. The highest BCUT2D eigenvalue weighted by Crippen LogP contribution is 2.15. The van der Waals surface area contributed by atoms with E-state index in [9.17, 15) is 4.79 Å². The average molecular weight is 249 g/mol. The standard InChI is InChI=1S/C9H17BrN2O/c1-7-5-8(3-4-12(7)2)11-9(13)6-10/h7-8H,3-6H2,1-2H3,(H,11,13). The largest absolute Gasteiger partial charge is 0.353 e. The summed E-state index contributed by atoms with van der Waals surface area (Å²) < 4.78 is 0. The van der Waals surface area contributed by atoms with Gasteiger partial charge in [-0.1, -0.05) is 15.9 Å². The number of carbonyl (C=O) groups is 1. The van der Waals surface area contributed by atoms with Crippen LogP contribution >= 0.6 is 15.9 Å². The highest BCUT2D eigenvalue weighted by Gasteiger charge is 2.23. The molecule has 0 aliphatic carbocycles. The minimum atomic E-state index is 0.0988. The molecule has 1 heterocycles. The van der Waals surface area contributed by atoms with Gasteiger partial charge in [0.1, 0.15) is 0 Å². The van der Waals surface area contributed by atoms with E-state index in [2.05, 4.69) is 40.1 Å². The predicted octanol–water partition coefficient (Wildman–Crippen LogP) is 0.980. The fourth-order valence-electron chi connectivity index (χ4n) is 1.69. The third-order valence-corrected chi connectivity index (χ3v) is 3.20. The molecule has 1 aliphatic rings. The van der Waals surface area contributed by atoms with E-state index in [1.807, 2.05) is 0 Å². The van der Waals surface area contributed by atoms with Crippen molar-refractivity contribution in [3.8, 4) is 0 Å². The molecule has 1 rings (SSSR count). The predicted molar refractivity (Wildman–Crippen MR) is 57.1 cm³/mol. The Morgan fingerprint density at radius 1 is 1.69 bits per heavy atom. The highest BCUT2D eigenvalue weighted by atomic mass is 79.9. The molecule has 0 aromatic rings. The van der Waals surface area contributed by atoms with Crippen LogP contribution in [0.1, 0.15) is 19.8 Å². The van der Waals surface area contributed by atoms with E-state index < -0.39 is 0 Å². The van der Waals surface area contributed by atoms with Crippen molar-refractivity contribution in [1.82, 2.24) is 10.2 Å². The highest BCUT2D eigenvalue weighted by molar-refractivity contribution is 9.09. The number of nitrogens with zero attached hydrogens (tertiary/aromatic N) is 1. The molecule has 0 aromatic carbocycles. The molecule has 4 heteroatoms. The lowest BCUT2D eigenvalue weighted by Crippen LogP contribution is -2.47. The normalized spacial score (nSPS) is 30.1. The molecule has 1 aliphatic heterocycles. The van der Waals surface area contributed by atoms with Crippen molar-refractivity contribution >= 4 is 21.8 Å². The second kappa shape index (κ2) is 4.96. The number of hydrogen-bond acceptors (Lipinski definition) is 2. The van der Waals surface area contributed by atoms with Gasteiger partial charge in [-0.05, 0) is 26.8 Å². The van der Waals surface area contributed by atoms with Gasteiger partial charge in [0.15, 0.2) is 0 Å². The van der Waals surface area contributed by atoms with Gasteiger partial charge >= 0.3 is 0 Å². The maximum atomic E-state index is 11.1. The lowest BCUT2D eigenvalue weighted by atomic mass is 9.99. The number of carbonyl (C=O) groups excluding carboxylic acids is 1. The van der Waals surface area contributed by atoms with Crippen LogP contribution in [0.5, 0.6) is 0 Å². The number of piperidine rings is 1. The van der Waals surface area contributed by atoms with Crippen molar-refractivity contribution in [3.63, 3.8) is 0 Å². The van der Waals surface area contributed by atoms with Crippen LogP contribution in [0.3, 0.4) is 0 Å². The Morgan fingerprint density at radius 2 is 2.38 bits per heavy atom. The smallest absolute Gasteiger partial charge is 0.230 e. The second-order valence-electron chi connectivity index (χ2n) is 3.75. The first-order chi connectivity index (χ1) is 6.13. The SMILES string of the molecule is CC1CC(NC(=O)CBr)CCN1C. The van der Waals surface area contributed by atoms with E-state index in [1.54, 1.807) is 0 Å².